The molecule has 0 unspecified atom stereocenters. The third-order valence-corrected chi connectivity index (χ3v) is 0.938. The summed E-state index contributed by atoms with van der Waals surface area (Å²) in [6, 6.07) is 0. The zero-order valence-corrected chi connectivity index (χ0v) is 5.92. The molecule has 56 valence electrons. The Balaban J connectivity index is 3.25. The Labute approximate surface area is 60.9 Å². The highest BCUT2D eigenvalue weighted by molar-refractivity contribution is 5.49. The van der Waals surface area contributed by atoms with Gasteiger partial charge in [-0.2, -0.15) is 0 Å². The lowest BCUT2D eigenvalue weighted by atomic mass is 10.3. The van der Waals surface area contributed by atoms with Crippen molar-refractivity contribution in [1.82, 2.24) is 0 Å². The largest absolute Gasteiger partial charge is 0.396 e. The first kappa shape index (κ1) is 9.15. The number of carbonyl (C=O) groups excluding carboxylic acids is 1. The molecule has 0 spiro atoms. The molecule has 0 aliphatic heterocycles. The summed E-state index contributed by atoms with van der Waals surface area (Å²) in [6.07, 6.45) is 6.36. The molecule has 0 rings (SSSR count). The van der Waals surface area contributed by atoms with Crippen LogP contribution in [0.25, 0.3) is 0 Å². The van der Waals surface area contributed by atoms with Gasteiger partial charge in [-0.05, 0) is 25.0 Å². The number of hydrogen-bond donors (Lipinski definition) is 1. The zero-order chi connectivity index (χ0) is 7.66. The summed E-state index contributed by atoms with van der Waals surface area (Å²) in [5.41, 5.74) is 2.85. The average Bonchev–Trinajstić information content (AvgIpc) is 1.97. The van der Waals surface area contributed by atoms with Gasteiger partial charge in [-0.15, -0.1) is 5.73 Å². The third-order valence-electron chi connectivity index (χ3n) is 0.938. The minimum Gasteiger partial charge on any atom is -0.396 e. The summed E-state index contributed by atoms with van der Waals surface area (Å²) in [5, 5.41) is 8.33. The van der Waals surface area contributed by atoms with Crippen LogP contribution in [0.15, 0.2) is 17.9 Å². The fourth-order valence-corrected chi connectivity index (χ4v) is 0.466. The topological polar surface area (TPSA) is 37.3 Å². The first-order chi connectivity index (χ1) is 4.91. The molecule has 2 nitrogen and oxygen atoms in total. The highest BCUT2D eigenvalue weighted by Gasteiger charge is 1.74. The van der Waals surface area contributed by atoms with E-state index in [1.807, 2.05) is 0 Å². The van der Waals surface area contributed by atoms with Crippen molar-refractivity contribution >= 4 is 6.29 Å². The molecule has 0 radical (unpaired) electrons. The van der Waals surface area contributed by atoms with Gasteiger partial charge in [0, 0.05) is 13.0 Å². The lowest BCUT2D eigenvalue weighted by Crippen LogP contribution is -1.73. The minimum atomic E-state index is 0.161. The van der Waals surface area contributed by atoms with Crippen molar-refractivity contribution in [2.45, 2.75) is 19.3 Å². The molecule has 0 saturated carbocycles. The molecule has 10 heavy (non-hydrogen) atoms. The van der Waals surface area contributed by atoms with Crippen molar-refractivity contribution in [1.29, 1.82) is 0 Å². The van der Waals surface area contributed by atoms with Gasteiger partial charge in [0.15, 0.2) is 0 Å². The highest BCUT2D eigenvalue weighted by atomic mass is 16.2. The Morgan fingerprint density at radius 2 is 1.90 bits per heavy atom. The summed E-state index contributed by atoms with van der Waals surface area (Å²) in [6.45, 7) is 0.161. The van der Waals surface area contributed by atoms with Crippen LogP contribution >= 0.6 is 0 Å². The molecule has 0 aliphatic carbocycles. The standard InChI is InChI=1S/C8H12O2/c9-7-5-3-1-2-4-6-8-10/h1,4,7,10H,3,5-6,8H2. The number of rotatable bonds is 5. The van der Waals surface area contributed by atoms with E-state index in [9.17, 15) is 4.79 Å². The first-order valence-corrected chi connectivity index (χ1v) is 3.35. The summed E-state index contributed by atoms with van der Waals surface area (Å²) in [5.74, 6) is 0. The van der Waals surface area contributed by atoms with E-state index in [4.69, 9.17) is 5.11 Å². The van der Waals surface area contributed by atoms with Gasteiger partial charge in [-0.1, -0.05) is 0 Å². The number of aldehydes is 1. The smallest absolute Gasteiger partial charge is 0.120 e. The summed E-state index contributed by atoms with van der Waals surface area (Å²) in [7, 11) is 0. The van der Waals surface area contributed by atoms with Crippen molar-refractivity contribution in [2.24, 2.45) is 0 Å². The highest BCUT2D eigenvalue weighted by Crippen LogP contribution is 1.85. The van der Waals surface area contributed by atoms with E-state index in [0.29, 0.717) is 12.8 Å². The molecule has 1 N–H and O–H groups in total. The molecule has 2 heteroatoms. The molecule has 0 heterocycles. The predicted molar refractivity (Wildman–Crippen MR) is 39.7 cm³/mol. The van der Waals surface area contributed by atoms with Gasteiger partial charge in [-0.25, -0.2) is 0 Å². The maximum absolute atomic E-state index is 9.80. The van der Waals surface area contributed by atoms with E-state index < -0.39 is 0 Å². The molecule has 0 aliphatic rings. The summed E-state index contributed by atoms with van der Waals surface area (Å²) in [4.78, 5) is 9.80. The summed E-state index contributed by atoms with van der Waals surface area (Å²) < 4.78 is 0. The quantitative estimate of drug-likeness (QED) is 0.352. The number of carbonyl (C=O) groups is 1. The van der Waals surface area contributed by atoms with E-state index >= 15 is 0 Å². The molecule has 0 aromatic carbocycles. The van der Waals surface area contributed by atoms with E-state index in [0.717, 1.165) is 12.7 Å². The van der Waals surface area contributed by atoms with Gasteiger partial charge in [-0.3, -0.25) is 0 Å². The first-order valence-electron chi connectivity index (χ1n) is 3.35. The van der Waals surface area contributed by atoms with Gasteiger partial charge in [0.1, 0.15) is 6.29 Å². The van der Waals surface area contributed by atoms with Gasteiger partial charge in [0.2, 0.25) is 0 Å². The molecule has 0 atom stereocenters. The lowest BCUT2D eigenvalue weighted by Gasteiger charge is -1.78. The Morgan fingerprint density at radius 1 is 1.20 bits per heavy atom. The second-order valence-electron chi connectivity index (χ2n) is 1.83. The third kappa shape index (κ3) is 7.15. The fraction of sp³-hybridized carbons (Fsp3) is 0.500. The molecule has 0 aromatic heterocycles. The van der Waals surface area contributed by atoms with Crippen LogP contribution in [0.4, 0.5) is 0 Å². The Morgan fingerprint density at radius 3 is 2.50 bits per heavy atom. The van der Waals surface area contributed by atoms with Crippen molar-refractivity contribution in [2.75, 3.05) is 6.61 Å². The molecule has 0 bridgehead atoms. The second kappa shape index (κ2) is 8.15. The van der Waals surface area contributed by atoms with Crippen LogP contribution in [0.3, 0.4) is 0 Å². The van der Waals surface area contributed by atoms with E-state index in [2.05, 4.69) is 5.73 Å². The van der Waals surface area contributed by atoms with Crippen molar-refractivity contribution < 1.29 is 9.90 Å². The lowest BCUT2D eigenvalue weighted by molar-refractivity contribution is -0.107. The van der Waals surface area contributed by atoms with Gasteiger partial charge < -0.3 is 9.90 Å². The van der Waals surface area contributed by atoms with Crippen molar-refractivity contribution in [3.05, 3.63) is 17.9 Å². The number of hydrogen-bond acceptors (Lipinski definition) is 2. The van der Waals surface area contributed by atoms with Crippen LogP contribution in [-0.4, -0.2) is 18.0 Å². The number of aliphatic hydroxyl groups is 1. The van der Waals surface area contributed by atoms with Crippen LogP contribution in [0.2, 0.25) is 0 Å². The molecule has 0 saturated heterocycles. The monoisotopic (exact) mass is 140 g/mol. The number of aliphatic hydroxyl groups excluding tert-OH is 1. The normalized spacial score (nSPS) is 8.10. The molecular weight excluding hydrogens is 128 g/mol. The zero-order valence-electron chi connectivity index (χ0n) is 5.92. The van der Waals surface area contributed by atoms with E-state index in [1.165, 1.54) is 0 Å². The maximum Gasteiger partial charge on any atom is 0.120 e. The van der Waals surface area contributed by atoms with Crippen molar-refractivity contribution in [3.8, 4) is 0 Å². The van der Waals surface area contributed by atoms with Crippen LogP contribution in [-0.2, 0) is 4.79 Å². The van der Waals surface area contributed by atoms with Crippen LogP contribution in [0.5, 0.6) is 0 Å². The van der Waals surface area contributed by atoms with Gasteiger partial charge >= 0.3 is 0 Å². The van der Waals surface area contributed by atoms with E-state index in [1.54, 1.807) is 12.2 Å². The SMILES string of the molecule is O=CCCC=C=CCCO. The van der Waals surface area contributed by atoms with Crippen LogP contribution in [0.1, 0.15) is 19.3 Å². The number of unbranched alkanes of at least 4 members (excludes halogenated alkanes) is 1. The summed E-state index contributed by atoms with van der Waals surface area (Å²) >= 11 is 0. The average molecular weight is 140 g/mol. The molecular formula is C8H12O2. The van der Waals surface area contributed by atoms with Gasteiger partial charge in [0.05, 0.1) is 0 Å². The predicted octanol–water partition coefficient (Wildman–Crippen LogP) is 1.06. The Kier molecular flexibility index (Phi) is 7.46. The second-order valence-corrected chi connectivity index (χ2v) is 1.83. The van der Waals surface area contributed by atoms with Crippen LogP contribution in [0, 0.1) is 0 Å². The maximum atomic E-state index is 9.80. The fourth-order valence-electron chi connectivity index (χ4n) is 0.466. The molecule has 0 fully saturated rings. The minimum absolute atomic E-state index is 0.161. The Hall–Kier alpha value is -0.850. The molecule has 0 aromatic rings. The molecule has 0 amide bonds. The van der Waals surface area contributed by atoms with Crippen LogP contribution < -0.4 is 0 Å². The Bertz CT molecular complexity index is 132. The van der Waals surface area contributed by atoms with Crippen molar-refractivity contribution in [3.63, 3.8) is 0 Å². The van der Waals surface area contributed by atoms with E-state index in [-0.39, 0.29) is 6.61 Å². The van der Waals surface area contributed by atoms with Gasteiger partial charge in [0.25, 0.3) is 0 Å².